The number of terminal acetylenes is 1. The molecule has 1 aromatic heterocycles. The lowest BCUT2D eigenvalue weighted by molar-refractivity contribution is 0.100. The summed E-state index contributed by atoms with van der Waals surface area (Å²) in [6.45, 7) is 6.81. The Balaban J connectivity index is 3.20. The molecule has 1 aromatic rings. The van der Waals surface area contributed by atoms with Crippen LogP contribution < -0.4 is 10.6 Å². The Morgan fingerprint density at radius 3 is 2.71 bits per heavy atom. The molecule has 1 rings (SSSR count). The second-order valence-corrected chi connectivity index (χ2v) is 5.13. The molecule has 3 nitrogen and oxygen atoms in total. The van der Waals surface area contributed by atoms with Gasteiger partial charge in [-0.2, -0.15) is 0 Å². The zero-order valence-corrected chi connectivity index (χ0v) is 11.3. The first-order valence-corrected chi connectivity index (χ1v) is 6.49. The van der Waals surface area contributed by atoms with Crippen molar-refractivity contribution in [3.8, 4) is 12.3 Å². The highest BCUT2D eigenvalue weighted by Crippen LogP contribution is 2.30. The second kappa shape index (κ2) is 5.24. The van der Waals surface area contributed by atoms with Crippen molar-refractivity contribution in [2.75, 3.05) is 11.4 Å². The fraction of sp³-hybridized carbons (Fsp3) is 0.462. The molecule has 0 aliphatic carbocycles. The van der Waals surface area contributed by atoms with Crippen molar-refractivity contribution < 1.29 is 4.79 Å². The molecule has 1 amide bonds. The van der Waals surface area contributed by atoms with Crippen molar-refractivity contribution in [2.24, 2.45) is 5.73 Å². The maximum atomic E-state index is 11.4. The van der Waals surface area contributed by atoms with Gasteiger partial charge in [-0.1, -0.05) is 12.8 Å². The summed E-state index contributed by atoms with van der Waals surface area (Å²) in [5.41, 5.74) is 6.33. The van der Waals surface area contributed by atoms with Gasteiger partial charge in [0.05, 0.1) is 16.8 Å². The Labute approximate surface area is 107 Å². The summed E-state index contributed by atoms with van der Waals surface area (Å²) in [6.07, 6.45) is 6.52. The molecule has 1 heterocycles. The van der Waals surface area contributed by atoms with Gasteiger partial charge < -0.3 is 10.6 Å². The molecule has 0 saturated carbocycles. The van der Waals surface area contributed by atoms with Gasteiger partial charge in [-0.15, -0.1) is 17.8 Å². The molecule has 2 N–H and O–H groups in total. The fourth-order valence-corrected chi connectivity index (χ4v) is 2.51. The summed E-state index contributed by atoms with van der Waals surface area (Å²) in [6, 6.07) is 0. The van der Waals surface area contributed by atoms with Crippen LogP contribution in [0.4, 0.5) is 5.69 Å². The largest absolute Gasteiger partial charge is 0.366 e. The summed E-state index contributed by atoms with van der Waals surface area (Å²) < 4.78 is 0. The molecule has 17 heavy (non-hydrogen) atoms. The van der Waals surface area contributed by atoms with Crippen LogP contribution in [0.25, 0.3) is 0 Å². The van der Waals surface area contributed by atoms with Gasteiger partial charge in [-0.25, -0.2) is 0 Å². The fourth-order valence-electron chi connectivity index (χ4n) is 1.69. The average molecular weight is 250 g/mol. The van der Waals surface area contributed by atoms with Crippen molar-refractivity contribution in [2.45, 2.75) is 32.7 Å². The maximum absolute atomic E-state index is 11.4. The number of thiophene rings is 1. The van der Waals surface area contributed by atoms with Crippen molar-refractivity contribution in [1.82, 2.24) is 0 Å². The summed E-state index contributed by atoms with van der Waals surface area (Å²) in [5.74, 6) is 2.35. The number of hydrogen-bond acceptors (Lipinski definition) is 3. The van der Waals surface area contributed by atoms with Gasteiger partial charge in [-0.05, 0) is 20.3 Å². The summed E-state index contributed by atoms with van der Waals surface area (Å²) in [7, 11) is 0. The minimum absolute atomic E-state index is 0.407. The van der Waals surface area contributed by atoms with Gasteiger partial charge >= 0.3 is 0 Å². The van der Waals surface area contributed by atoms with Crippen LogP contribution in [0.3, 0.4) is 0 Å². The van der Waals surface area contributed by atoms with Crippen molar-refractivity contribution >= 4 is 22.9 Å². The average Bonchev–Trinajstić information content (AvgIpc) is 2.74. The Hall–Kier alpha value is -1.47. The highest BCUT2D eigenvalue weighted by Gasteiger charge is 2.27. The van der Waals surface area contributed by atoms with Crippen molar-refractivity contribution in [3.63, 3.8) is 0 Å². The standard InChI is InChI=1S/C13H18N2OS/c1-5-7-15(13(3,4)6-2)11-9-17-8-10(11)12(14)16/h2,8-9H,5,7H2,1,3-4H3,(H2,14,16). The predicted molar refractivity (Wildman–Crippen MR) is 73.4 cm³/mol. The molecule has 0 fully saturated rings. The van der Waals surface area contributed by atoms with E-state index in [1.165, 1.54) is 11.3 Å². The zero-order chi connectivity index (χ0) is 13.1. The molecule has 92 valence electrons. The van der Waals surface area contributed by atoms with Crippen LogP contribution in [0, 0.1) is 12.3 Å². The topological polar surface area (TPSA) is 46.3 Å². The van der Waals surface area contributed by atoms with Crippen LogP contribution in [-0.4, -0.2) is 18.0 Å². The minimum atomic E-state index is -0.429. The molecular weight excluding hydrogens is 232 g/mol. The molecule has 4 heteroatoms. The Bertz CT molecular complexity index is 443. The van der Waals surface area contributed by atoms with Gasteiger partial charge in [0.25, 0.3) is 5.91 Å². The number of nitrogens with two attached hydrogens (primary N) is 1. The van der Waals surface area contributed by atoms with E-state index in [1.54, 1.807) is 5.38 Å². The van der Waals surface area contributed by atoms with Gasteiger partial charge in [0.2, 0.25) is 0 Å². The second-order valence-electron chi connectivity index (χ2n) is 4.39. The predicted octanol–water partition coefficient (Wildman–Crippen LogP) is 2.48. The van der Waals surface area contributed by atoms with Gasteiger partial charge in [0.1, 0.15) is 0 Å². The Kier molecular flexibility index (Phi) is 4.19. The quantitative estimate of drug-likeness (QED) is 0.816. The summed E-state index contributed by atoms with van der Waals surface area (Å²) >= 11 is 1.46. The summed E-state index contributed by atoms with van der Waals surface area (Å²) in [4.78, 5) is 13.4. The lowest BCUT2D eigenvalue weighted by Gasteiger charge is -2.36. The van der Waals surface area contributed by atoms with Crippen molar-refractivity contribution in [1.29, 1.82) is 0 Å². The monoisotopic (exact) mass is 250 g/mol. The number of carbonyl (C=O) groups excluding carboxylic acids is 1. The first kappa shape index (κ1) is 13.6. The van der Waals surface area contributed by atoms with Crippen LogP contribution in [-0.2, 0) is 0 Å². The number of hydrogen-bond donors (Lipinski definition) is 1. The third kappa shape index (κ3) is 2.80. The maximum Gasteiger partial charge on any atom is 0.251 e. The lowest BCUT2D eigenvalue weighted by Crippen LogP contribution is -2.44. The molecule has 0 bridgehead atoms. The molecular formula is C13H18N2OS. The Morgan fingerprint density at radius 2 is 2.24 bits per heavy atom. The van der Waals surface area contributed by atoms with Gasteiger partial charge in [-0.3, -0.25) is 4.79 Å². The number of anilines is 1. The van der Waals surface area contributed by atoms with E-state index in [0.717, 1.165) is 18.7 Å². The minimum Gasteiger partial charge on any atom is -0.366 e. The first-order valence-electron chi connectivity index (χ1n) is 5.55. The van der Waals surface area contributed by atoms with Crippen LogP contribution >= 0.6 is 11.3 Å². The molecule has 0 aromatic carbocycles. The first-order chi connectivity index (χ1) is 7.94. The number of carbonyl (C=O) groups is 1. The van der Waals surface area contributed by atoms with Crippen molar-refractivity contribution in [3.05, 3.63) is 16.3 Å². The van der Waals surface area contributed by atoms with Crippen LogP contribution in [0.2, 0.25) is 0 Å². The molecule has 0 atom stereocenters. The normalized spacial score (nSPS) is 10.9. The van der Waals surface area contributed by atoms with E-state index < -0.39 is 11.4 Å². The third-order valence-electron chi connectivity index (χ3n) is 2.67. The van der Waals surface area contributed by atoms with Crippen LogP contribution in [0.5, 0.6) is 0 Å². The highest BCUT2D eigenvalue weighted by molar-refractivity contribution is 7.08. The molecule has 0 saturated heterocycles. The van der Waals surface area contributed by atoms with E-state index >= 15 is 0 Å². The Morgan fingerprint density at radius 1 is 1.59 bits per heavy atom. The van der Waals surface area contributed by atoms with Crippen LogP contribution in [0.15, 0.2) is 10.8 Å². The summed E-state index contributed by atoms with van der Waals surface area (Å²) in [5, 5.41) is 3.70. The lowest BCUT2D eigenvalue weighted by atomic mass is 10.0. The van der Waals surface area contributed by atoms with E-state index in [1.807, 2.05) is 19.2 Å². The highest BCUT2D eigenvalue weighted by atomic mass is 32.1. The molecule has 0 aliphatic rings. The van der Waals surface area contributed by atoms with E-state index in [2.05, 4.69) is 17.7 Å². The molecule has 0 unspecified atom stereocenters. The van der Waals surface area contributed by atoms with E-state index in [-0.39, 0.29) is 0 Å². The zero-order valence-electron chi connectivity index (χ0n) is 10.5. The van der Waals surface area contributed by atoms with E-state index in [4.69, 9.17) is 12.2 Å². The number of nitrogens with zero attached hydrogens (tertiary/aromatic N) is 1. The van der Waals surface area contributed by atoms with Gasteiger partial charge in [0, 0.05) is 17.3 Å². The number of primary amides is 1. The molecule has 0 aliphatic heterocycles. The van der Waals surface area contributed by atoms with Crippen LogP contribution in [0.1, 0.15) is 37.6 Å². The smallest absolute Gasteiger partial charge is 0.251 e. The number of amides is 1. The van der Waals surface area contributed by atoms with Gasteiger partial charge in [0.15, 0.2) is 0 Å². The molecule has 0 radical (unpaired) electrons. The van der Waals surface area contributed by atoms with E-state index in [0.29, 0.717) is 5.56 Å². The van der Waals surface area contributed by atoms with E-state index in [9.17, 15) is 4.79 Å². The SMILES string of the molecule is C#CC(C)(C)N(CCC)c1cscc1C(N)=O. The molecule has 0 spiro atoms. The number of rotatable bonds is 5. The third-order valence-corrected chi connectivity index (χ3v) is 3.40.